The lowest BCUT2D eigenvalue weighted by Gasteiger charge is -2.13. The largest absolute Gasteiger partial charge is 0.497 e. The van der Waals surface area contributed by atoms with E-state index < -0.39 is 9.84 Å². The summed E-state index contributed by atoms with van der Waals surface area (Å²) in [4.78, 5) is 0.414. The summed E-state index contributed by atoms with van der Waals surface area (Å²) in [5.74, 6) is 0.866. The molecular weight excluding hydrogens is 250 g/mol. The van der Waals surface area contributed by atoms with Gasteiger partial charge in [0.05, 0.1) is 17.8 Å². The van der Waals surface area contributed by atoms with E-state index in [1.807, 2.05) is 0 Å². The van der Waals surface area contributed by atoms with Gasteiger partial charge in [0.25, 0.3) is 0 Å². The third kappa shape index (κ3) is 2.84. The molecule has 1 aliphatic rings. The highest BCUT2D eigenvalue weighted by atomic mass is 32.2. The number of hydrogen-bond acceptors (Lipinski definition) is 4. The Kier molecular flexibility index (Phi) is 3.92. The van der Waals surface area contributed by atoms with Gasteiger partial charge in [0, 0.05) is 6.04 Å². The number of hydrogen-bond donors (Lipinski definition) is 1. The van der Waals surface area contributed by atoms with Crippen LogP contribution in [-0.2, 0) is 9.84 Å². The van der Waals surface area contributed by atoms with Gasteiger partial charge in [-0.15, -0.1) is 0 Å². The van der Waals surface area contributed by atoms with E-state index in [9.17, 15) is 8.42 Å². The van der Waals surface area contributed by atoms with Crippen LogP contribution in [0.5, 0.6) is 5.75 Å². The third-order valence-corrected chi connectivity index (χ3v) is 5.27. The zero-order valence-electron chi connectivity index (χ0n) is 10.8. The predicted molar refractivity (Wildman–Crippen MR) is 70.8 cm³/mol. The second kappa shape index (κ2) is 5.28. The van der Waals surface area contributed by atoms with Gasteiger partial charge < -0.3 is 10.1 Å². The van der Waals surface area contributed by atoms with E-state index in [2.05, 4.69) is 5.32 Å². The van der Waals surface area contributed by atoms with Crippen molar-refractivity contribution >= 4 is 9.84 Å². The molecule has 1 aromatic rings. The summed E-state index contributed by atoms with van der Waals surface area (Å²) in [5, 5.41) is 3.22. The first-order valence-electron chi connectivity index (χ1n) is 6.14. The second-order valence-electron chi connectivity index (χ2n) is 4.71. The molecule has 0 radical (unpaired) electrons. The van der Waals surface area contributed by atoms with E-state index in [-0.39, 0.29) is 11.8 Å². The quantitative estimate of drug-likeness (QED) is 0.900. The molecule has 0 aromatic heterocycles. The van der Waals surface area contributed by atoms with Crippen molar-refractivity contribution in [2.24, 2.45) is 0 Å². The SMILES string of the molecule is COc1ccc(S(=O)(=O)C[C@@H]2CCCN2)c(C)c1. The summed E-state index contributed by atoms with van der Waals surface area (Å²) >= 11 is 0. The van der Waals surface area contributed by atoms with Gasteiger partial charge in [0.2, 0.25) is 0 Å². The number of methoxy groups -OCH3 is 1. The molecule has 2 rings (SSSR count). The number of sulfone groups is 1. The predicted octanol–water partition coefficient (Wildman–Crippen LogP) is 1.53. The average Bonchev–Trinajstić information content (AvgIpc) is 2.80. The van der Waals surface area contributed by atoms with E-state index in [4.69, 9.17) is 4.74 Å². The van der Waals surface area contributed by atoms with Crippen LogP contribution in [0.15, 0.2) is 23.1 Å². The molecule has 100 valence electrons. The molecule has 18 heavy (non-hydrogen) atoms. The Morgan fingerprint density at radius 1 is 1.44 bits per heavy atom. The lowest BCUT2D eigenvalue weighted by atomic mass is 10.2. The number of aryl methyl sites for hydroxylation is 1. The number of rotatable bonds is 4. The highest BCUT2D eigenvalue weighted by Crippen LogP contribution is 2.23. The van der Waals surface area contributed by atoms with Gasteiger partial charge in [-0.05, 0) is 50.1 Å². The van der Waals surface area contributed by atoms with Crippen molar-refractivity contribution in [3.05, 3.63) is 23.8 Å². The van der Waals surface area contributed by atoms with Gasteiger partial charge >= 0.3 is 0 Å². The zero-order chi connectivity index (χ0) is 13.2. The minimum atomic E-state index is -3.22. The van der Waals surface area contributed by atoms with Gasteiger partial charge in [0.15, 0.2) is 9.84 Å². The Morgan fingerprint density at radius 2 is 2.22 bits per heavy atom. The molecule has 0 saturated carbocycles. The molecule has 1 atom stereocenters. The van der Waals surface area contributed by atoms with Crippen molar-refractivity contribution in [3.8, 4) is 5.75 Å². The summed E-state index contributed by atoms with van der Waals surface area (Å²) < 4.78 is 29.7. The van der Waals surface area contributed by atoms with Gasteiger partial charge in [-0.2, -0.15) is 0 Å². The normalized spacial score (nSPS) is 20.0. The second-order valence-corrected chi connectivity index (χ2v) is 6.71. The Morgan fingerprint density at radius 3 is 2.78 bits per heavy atom. The van der Waals surface area contributed by atoms with E-state index in [1.165, 1.54) is 0 Å². The molecule has 1 saturated heterocycles. The van der Waals surface area contributed by atoms with Crippen LogP contribution in [0.1, 0.15) is 18.4 Å². The molecule has 0 amide bonds. The summed E-state index contributed by atoms with van der Waals surface area (Å²) in [7, 11) is -1.64. The molecule has 0 spiro atoms. The Balaban J connectivity index is 2.23. The molecule has 1 aromatic carbocycles. The van der Waals surface area contributed by atoms with Crippen molar-refractivity contribution in [2.45, 2.75) is 30.7 Å². The Labute approximate surface area is 108 Å². The van der Waals surface area contributed by atoms with Crippen molar-refractivity contribution in [3.63, 3.8) is 0 Å². The Bertz CT molecular complexity index is 519. The molecule has 1 N–H and O–H groups in total. The summed E-state index contributed by atoms with van der Waals surface area (Å²) in [6.45, 7) is 2.72. The molecule has 0 bridgehead atoms. The van der Waals surface area contributed by atoms with Gasteiger partial charge in [-0.1, -0.05) is 0 Å². The van der Waals surface area contributed by atoms with Crippen molar-refractivity contribution < 1.29 is 13.2 Å². The third-order valence-electron chi connectivity index (χ3n) is 3.30. The van der Waals surface area contributed by atoms with E-state index in [1.54, 1.807) is 32.2 Å². The minimum absolute atomic E-state index is 0.0940. The number of nitrogens with one attached hydrogen (secondary N) is 1. The van der Waals surface area contributed by atoms with Crippen molar-refractivity contribution in [1.82, 2.24) is 5.32 Å². The first-order valence-corrected chi connectivity index (χ1v) is 7.79. The molecule has 4 nitrogen and oxygen atoms in total. The van der Waals surface area contributed by atoms with Crippen LogP contribution in [0.2, 0.25) is 0 Å². The molecule has 1 heterocycles. The molecule has 5 heteroatoms. The fourth-order valence-corrected chi connectivity index (χ4v) is 4.17. The van der Waals surface area contributed by atoms with E-state index in [0.29, 0.717) is 10.6 Å². The zero-order valence-corrected chi connectivity index (χ0v) is 11.6. The number of ether oxygens (including phenoxy) is 1. The van der Waals surface area contributed by atoms with E-state index >= 15 is 0 Å². The van der Waals surface area contributed by atoms with Crippen LogP contribution in [0.3, 0.4) is 0 Å². The highest BCUT2D eigenvalue weighted by molar-refractivity contribution is 7.91. The van der Waals surface area contributed by atoms with Crippen LogP contribution in [0.25, 0.3) is 0 Å². The monoisotopic (exact) mass is 269 g/mol. The molecular formula is C13H19NO3S. The fraction of sp³-hybridized carbons (Fsp3) is 0.538. The van der Waals surface area contributed by atoms with Crippen LogP contribution in [0, 0.1) is 6.92 Å². The van der Waals surface area contributed by atoms with E-state index in [0.717, 1.165) is 24.9 Å². The number of benzene rings is 1. The Hall–Kier alpha value is -1.07. The summed E-state index contributed by atoms with van der Waals surface area (Å²) in [6.07, 6.45) is 2.00. The average molecular weight is 269 g/mol. The maximum Gasteiger partial charge on any atom is 0.180 e. The van der Waals surface area contributed by atoms with Gasteiger partial charge in [0.1, 0.15) is 5.75 Å². The standard InChI is InChI=1S/C13H19NO3S/c1-10-8-12(17-2)5-6-13(10)18(15,16)9-11-4-3-7-14-11/h5-6,8,11,14H,3-4,7,9H2,1-2H3/t11-/m0/s1. The maximum absolute atomic E-state index is 12.3. The smallest absolute Gasteiger partial charge is 0.180 e. The minimum Gasteiger partial charge on any atom is -0.497 e. The summed E-state index contributed by atoms with van der Waals surface area (Å²) in [6, 6.07) is 5.19. The first kappa shape index (κ1) is 13.4. The van der Waals surface area contributed by atoms with Gasteiger partial charge in [-0.25, -0.2) is 8.42 Å². The van der Waals surface area contributed by atoms with Crippen LogP contribution < -0.4 is 10.1 Å². The van der Waals surface area contributed by atoms with Crippen LogP contribution >= 0.6 is 0 Å². The van der Waals surface area contributed by atoms with Crippen molar-refractivity contribution in [1.29, 1.82) is 0 Å². The van der Waals surface area contributed by atoms with Gasteiger partial charge in [-0.3, -0.25) is 0 Å². The molecule has 0 unspecified atom stereocenters. The maximum atomic E-state index is 12.3. The van der Waals surface area contributed by atoms with Crippen LogP contribution in [0.4, 0.5) is 0 Å². The first-order chi connectivity index (χ1) is 8.53. The lowest BCUT2D eigenvalue weighted by Crippen LogP contribution is -2.30. The molecule has 0 aliphatic carbocycles. The molecule has 1 aliphatic heterocycles. The topological polar surface area (TPSA) is 55.4 Å². The fourth-order valence-electron chi connectivity index (χ4n) is 2.35. The van der Waals surface area contributed by atoms with Crippen LogP contribution in [-0.4, -0.2) is 33.9 Å². The molecule has 1 fully saturated rings. The highest BCUT2D eigenvalue weighted by Gasteiger charge is 2.24. The summed E-state index contributed by atoms with van der Waals surface area (Å²) in [5.41, 5.74) is 0.743. The van der Waals surface area contributed by atoms with Crippen molar-refractivity contribution in [2.75, 3.05) is 19.4 Å². The lowest BCUT2D eigenvalue weighted by molar-refractivity contribution is 0.414.